The zero-order valence-electron chi connectivity index (χ0n) is 14.2. The Labute approximate surface area is 139 Å². The molecule has 5 heteroatoms. The molecule has 1 atom stereocenters. The molecule has 0 heterocycles. The highest BCUT2D eigenvalue weighted by molar-refractivity contribution is 5.28. The lowest BCUT2D eigenvalue weighted by molar-refractivity contribution is 0.0229. The van der Waals surface area contributed by atoms with Gasteiger partial charge in [0, 0.05) is 33.4 Å². The maximum Gasteiger partial charge on any atom is 0.119 e. The molecule has 1 aromatic carbocycles. The van der Waals surface area contributed by atoms with Gasteiger partial charge in [-0.3, -0.25) is 4.90 Å². The number of hydrogen-bond donors (Lipinski definition) is 1. The highest BCUT2D eigenvalue weighted by Gasteiger charge is 2.13. The Bertz CT molecular complexity index is 439. The third-order valence-corrected chi connectivity index (χ3v) is 3.38. The van der Waals surface area contributed by atoms with Gasteiger partial charge in [-0.1, -0.05) is 18.2 Å². The summed E-state index contributed by atoms with van der Waals surface area (Å²) < 4.78 is 15.7. The van der Waals surface area contributed by atoms with Crippen LogP contribution in [0.15, 0.2) is 36.9 Å². The van der Waals surface area contributed by atoms with Crippen molar-refractivity contribution in [3.05, 3.63) is 42.5 Å². The highest BCUT2D eigenvalue weighted by Crippen LogP contribution is 2.15. The lowest BCUT2D eigenvalue weighted by atomic mass is 10.2. The average Bonchev–Trinajstić information content (AvgIpc) is 2.55. The van der Waals surface area contributed by atoms with Crippen molar-refractivity contribution in [1.82, 2.24) is 4.90 Å². The summed E-state index contributed by atoms with van der Waals surface area (Å²) in [4.78, 5) is 2.20. The zero-order chi connectivity index (χ0) is 16.9. The molecule has 0 amide bonds. The molecule has 0 radical (unpaired) electrons. The van der Waals surface area contributed by atoms with Crippen LogP contribution in [0.2, 0.25) is 0 Å². The molecule has 0 aliphatic heterocycles. The van der Waals surface area contributed by atoms with E-state index in [4.69, 9.17) is 14.2 Å². The highest BCUT2D eigenvalue weighted by atomic mass is 16.5. The second kappa shape index (κ2) is 12.1. The molecule has 1 rings (SSSR count). The summed E-state index contributed by atoms with van der Waals surface area (Å²) in [7, 11) is 3.36. The van der Waals surface area contributed by atoms with E-state index in [9.17, 15) is 5.11 Å². The van der Waals surface area contributed by atoms with Gasteiger partial charge in [0.15, 0.2) is 0 Å². The van der Waals surface area contributed by atoms with Crippen LogP contribution in [0, 0.1) is 0 Å². The first-order valence-electron chi connectivity index (χ1n) is 7.90. The monoisotopic (exact) mass is 323 g/mol. The molecular weight excluding hydrogens is 294 g/mol. The SMILES string of the molecule is C=CCOC[C@H](O)CN(CCCOC)Cc1cccc(OC)c1. The van der Waals surface area contributed by atoms with Crippen LogP contribution in [0.4, 0.5) is 0 Å². The minimum absolute atomic E-state index is 0.310. The Balaban J connectivity index is 2.57. The van der Waals surface area contributed by atoms with Crippen molar-refractivity contribution in [3.63, 3.8) is 0 Å². The third-order valence-electron chi connectivity index (χ3n) is 3.38. The maximum atomic E-state index is 10.1. The number of ether oxygens (including phenoxy) is 3. The first kappa shape index (κ1) is 19.6. The molecule has 0 aliphatic rings. The zero-order valence-corrected chi connectivity index (χ0v) is 14.2. The maximum absolute atomic E-state index is 10.1. The summed E-state index contributed by atoms with van der Waals surface area (Å²) in [6, 6.07) is 7.98. The molecule has 0 aromatic heterocycles. The predicted molar refractivity (Wildman–Crippen MR) is 91.8 cm³/mol. The molecule has 0 aliphatic carbocycles. The minimum atomic E-state index is -0.525. The molecular formula is C18H29NO4. The Kier molecular flexibility index (Phi) is 10.3. The fourth-order valence-corrected chi connectivity index (χ4v) is 2.33. The number of hydrogen-bond acceptors (Lipinski definition) is 5. The first-order valence-corrected chi connectivity index (χ1v) is 7.90. The quantitative estimate of drug-likeness (QED) is 0.445. The lowest BCUT2D eigenvalue weighted by Gasteiger charge is -2.25. The van der Waals surface area contributed by atoms with Crippen LogP contribution in [0.5, 0.6) is 5.75 Å². The van der Waals surface area contributed by atoms with E-state index in [0.29, 0.717) is 26.4 Å². The van der Waals surface area contributed by atoms with Crippen LogP contribution in [-0.2, 0) is 16.0 Å². The van der Waals surface area contributed by atoms with Gasteiger partial charge in [0.2, 0.25) is 0 Å². The second-order valence-corrected chi connectivity index (χ2v) is 5.41. The fraction of sp³-hybridized carbons (Fsp3) is 0.556. The Morgan fingerprint density at radius 3 is 2.87 bits per heavy atom. The van der Waals surface area contributed by atoms with Crippen molar-refractivity contribution >= 4 is 0 Å². The summed E-state index contributed by atoms with van der Waals surface area (Å²) in [5, 5.41) is 10.1. The van der Waals surface area contributed by atoms with E-state index in [0.717, 1.165) is 30.8 Å². The Hall–Kier alpha value is -1.40. The van der Waals surface area contributed by atoms with Crippen molar-refractivity contribution in [1.29, 1.82) is 0 Å². The van der Waals surface area contributed by atoms with E-state index in [1.807, 2.05) is 18.2 Å². The van der Waals surface area contributed by atoms with Gasteiger partial charge < -0.3 is 19.3 Å². The third kappa shape index (κ3) is 8.71. The minimum Gasteiger partial charge on any atom is -0.497 e. The standard InChI is InChI=1S/C18H29NO4/c1-4-10-23-15-17(20)14-19(9-6-11-21-2)13-16-7-5-8-18(12-16)22-3/h4-5,7-8,12,17,20H,1,6,9-11,13-15H2,2-3H3/t17-/m1/s1. The normalized spacial score (nSPS) is 12.3. The van der Waals surface area contributed by atoms with Crippen LogP contribution in [0.3, 0.4) is 0 Å². The predicted octanol–water partition coefficient (Wildman–Crippen LogP) is 2.10. The van der Waals surface area contributed by atoms with Gasteiger partial charge in [-0.2, -0.15) is 0 Å². The van der Waals surface area contributed by atoms with Crippen molar-refractivity contribution in [3.8, 4) is 5.75 Å². The van der Waals surface area contributed by atoms with Gasteiger partial charge in [-0.25, -0.2) is 0 Å². The molecule has 0 unspecified atom stereocenters. The van der Waals surface area contributed by atoms with Crippen LogP contribution >= 0.6 is 0 Å². The average molecular weight is 323 g/mol. The van der Waals surface area contributed by atoms with Crippen molar-refractivity contribution in [2.75, 3.05) is 47.1 Å². The topological polar surface area (TPSA) is 51.2 Å². The van der Waals surface area contributed by atoms with Gasteiger partial charge in [0.1, 0.15) is 5.75 Å². The summed E-state index contributed by atoms with van der Waals surface area (Å²) >= 11 is 0. The molecule has 1 aromatic rings. The van der Waals surface area contributed by atoms with E-state index < -0.39 is 6.10 Å². The smallest absolute Gasteiger partial charge is 0.119 e. The number of aliphatic hydroxyl groups is 1. The van der Waals surface area contributed by atoms with Crippen molar-refractivity contribution in [2.24, 2.45) is 0 Å². The van der Waals surface area contributed by atoms with Crippen LogP contribution in [0.25, 0.3) is 0 Å². The number of nitrogens with zero attached hydrogens (tertiary/aromatic N) is 1. The fourth-order valence-electron chi connectivity index (χ4n) is 2.33. The van der Waals surface area contributed by atoms with Crippen molar-refractivity contribution in [2.45, 2.75) is 19.1 Å². The Morgan fingerprint density at radius 2 is 2.17 bits per heavy atom. The number of methoxy groups -OCH3 is 2. The van der Waals surface area contributed by atoms with E-state index in [1.54, 1.807) is 20.3 Å². The van der Waals surface area contributed by atoms with Gasteiger partial charge in [-0.15, -0.1) is 6.58 Å². The van der Waals surface area contributed by atoms with E-state index in [2.05, 4.69) is 17.5 Å². The van der Waals surface area contributed by atoms with Crippen LogP contribution in [-0.4, -0.2) is 63.2 Å². The Morgan fingerprint density at radius 1 is 1.35 bits per heavy atom. The van der Waals surface area contributed by atoms with E-state index in [1.165, 1.54) is 0 Å². The van der Waals surface area contributed by atoms with Crippen LogP contribution in [0.1, 0.15) is 12.0 Å². The molecule has 1 N–H and O–H groups in total. The summed E-state index contributed by atoms with van der Waals surface area (Å²) in [6.45, 7) is 7.22. The van der Waals surface area contributed by atoms with E-state index >= 15 is 0 Å². The van der Waals surface area contributed by atoms with Crippen LogP contribution < -0.4 is 4.74 Å². The summed E-state index contributed by atoms with van der Waals surface area (Å²) in [5.74, 6) is 0.842. The molecule has 0 saturated carbocycles. The molecule has 130 valence electrons. The van der Waals surface area contributed by atoms with E-state index in [-0.39, 0.29) is 0 Å². The summed E-state index contributed by atoms with van der Waals surface area (Å²) in [5.41, 5.74) is 1.15. The molecule has 0 bridgehead atoms. The second-order valence-electron chi connectivity index (χ2n) is 5.41. The molecule has 0 spiro atoms. The molecule has 5 nitrogen and oxygen atoms in total. The molecule has 23 heavy (non-hydrogen) atoms. The van der Waals surface area contributed by atoms with Gasteiger partial charge in [0.05, 0.1) is 26.4 Å². The number of rotatable bonds is 13. The van der Waals surface area contributed by atoms with Gasteiger partial charge >= 0.3 is 0 Å². The van der Waals surface area contributed by atoms with Gasteiger partial charge in [-0.05, 0) is 24.1 Å². The number of aliphatic hydroxyl groups excluding tert-OH is 1. The molecule has 0 fully saturated rings. The van der Waals surface area contributed by atoms with Crippen molar-refractivity contribution < 1.29 is 19.3 Å². The summed E-state index contributed by atoms with van der Waals surface area (Å²) in [6.07, 6.45) is 2.07. The number of benzene rings is 1. The molecule has 0 saturated heterocycles. The largest absolute Gasteiger partial charge is 0.497 e. The first-order chi connectivity index (χ1) is 11.2. The lowest BCUT2D eigenvalue weighted by Crippen LogP contribution is -2.35. The van der Waals surface area contributed by atoms with Gasteiger partial charge in [0.25, 0.3) is 0 Å².